The summed E-state index contributed by atoms with van der Waals surface area (Å²) in [4.78, 5) is 25.1. The number of sulfone groups is 1. The van der Waals surface area contributed by atoms with Gasteiger partial charge in [-0.05, 0) is 49.7 Å². The Hall–Kier alpha value is -2.52. The predicted molar refractivity (Wildman–Crippen MR) is 116 cm³/mol. The van der Waals surface area contributed by atoms with E-state index in [1.165, 1.54) is 30.8 Å². The van der Waals surface area contributed by atoms with Crippen LogP contribution in [0.25, 0.3) is 0 Å². The summed E-state index contributed by atoms with van der Waals surface area (Å²) in [5.74, 6) is 0.212. The molecule has 0 fully saturated rings. The summed E-state index contributed by atoms with van der Waals surface area (Å²) in [6.45, 7) is 3.60. The number of hydrogen-bond acceptors (Lipinski definition) is 6. The minimum Gasteiger partial charge on any atom is -0.497 e. The van der Waals surface area contributed by atoms with Crippen molar-refractivity contribution in [1.29, 1.82) is 0 Å². The third-order valence-electron chi connectivity index (χ3n) is 4.86. The standard InChI is InChI=1S/C21H24N2O5S2/c1-13(10-20(24)22-12-15-4-6-16(28-3)7-5-15)30(26,27)17-8-9-19-18(11-17)23-21(25)14(2)29-19/h4-9,11,13-14H,10,12H2,1-3H3,(H,22,24)(H,23,25)/t13-,14-/m0/s1. The highest BCUT2D eigenvalue weighted by Gasteiger charge is 2.29. The molecule has 1 aliphatic rings. The first-order valence-corrected chi connectivity index (χ1v) is 11.9. The maximum absolute atomic E-state index is 12.9. The summed E-state index contributed by atoms with van der Waals surface area (Å²) in [7, 11) is -2.15. The van der Waals surface area contributed by atoms with Crippen LogP contribution in [0.4, 0.5) is 5.69 Å². The van der Waals surface area contributed by atoms with Gasteiger partial charge in [-0.2, -0.15) is 0 Å². The lowest BCUT2D eigenvalue weighted by Gasteiger charge is -2.22. The number of carbonyl (C=O) groups excluding carboxylic acids is 2. The average Bonchev–Trinajstić information content (AvgIpc) is 2.73. The Morgan fingerprint density at radius 2 is 1.93 bits per heavy atom. The lowest BCUT2D eigenvalue weighted by Crippen LogP contribution is -2.30. The van der Waals surface area contributed by atoms with Crippen molar-refractivity contribution in [1.82, 2.24) is 5.32 Å². The van der Waals surface area contributed by atoms with E-state index in [4.69, 9.17) is 4.74 Å². The number of amides is 2. The molecule has 2 N–H and O–H groups in total. The maximum Gasteiger partial charge on any atom is 0.237 e. The molecule has 0 aromatic heterocycles. The minimum absolute atomic E-state index is 0.0900. The molecule has 0 bridgehead atoms. The molecule has 2 aromatic rings. The van der Waals surface area contributed by atoms with Gasteiger partial charge in [-0.3, -0.25) is 9.59 Å². The third-order valence-corrected chi connectivity index (χ3v) is 8.18. The molecule has 1 heterocycles. The van der Waals surface area contributed by atoms with E-state index >= 15 is 0 Å². The van der Waals surface area contributed by atoms with Crippen LogP contribution in [0, 0.1) is 0 Å². The number of benzene rings is 2. The van der Waals surface area contributed by atoms with E-state index in [1.807, 2.05) is 12.1 Å². The first-order chi connectivity index (χ1) is 14.2. The summed E-state index contributed by atoms with van der Waals surface area (Å²) >= 11 is 1.39. The Morgan fingerprint density at radius 3 is 2.60 bits per heavy atom. The molecule has 7 nitrogen and oxygen atoms in total. The fourth-order valence-corrected chi connectivity index (χ4v) is 5.29. The van der Waals surface area contributed by atoms with Gasteiger partial charge in [-0.25, -0.2) is 8.42 Å². The molecule has 1 aliphatic heterocycles. The third kappa shape index (κ3) is 4.96. The number of nitrogens with one attached hydrogen (secondary N) is 2. The van der Waals surface area contributed by atoms with Crippen molar-refractivity contribution in [2.45, 2.75) is 47.1 Å². The van der Waals surface area contributed by atoms with Crippen LogP contribution in [-0.4, -0.2) is 37.8 Å². The van der Waals surface area contributed by atoms with Crippen LogP contribution in [0.5, 0.6) is 5.75 Å². The highest BCUT2D eigenvalue weighted by Crippen LogP contribution is 2.37. The van der Waals surface area contributed by atoms with Crippen molar-refractivity contribution in [3.63, 3.8) is 0 Å². The van der Waals surface area contributed by atoms with E-state index in [0.717, 1.165) is 16.2 Å². The Labute approximate surface area is 180 Å². The second-order valence-electron chi connectivity index (χ2n) is 7.09. The summed E-state index contributed by atoms with van der Waals surface area (Å²) in [6, 6.07) is 11.9. The van der Waals surface area contributed by atoms with Crippen LogP contribution in [-0.2, 0) is 26.0 Å². The fourth-order valence-electron chi connectivity index (χ4n) is 2.98. The molecule has 0 saturated heterocycles. The number of anilines is 1. The lowest BCUT2D eigenvalue weighted by atomic mass is 10.2. The summed E-state index contributed by atoms with van der Waals surface area (Å²) in [6.07, 6.45) is -0.159. The quantitative estimate of drug-likeness (QED) is 0.675. The van der Waals surface area contributed by atoms with E-state index in [1.54, 1.807) is 32.2 Å². The zero-order chi connectivity index (χ0) is 21.9. The number of carbonyl (C=O) groups is 2. The van der Waals surface area contributed by atoms with Crippen LogP contribution in [0.2, 0.25) is 0 Å². The second-order valence-corrected chi connectivity index (χ2v) is 10.8. The Balaban J connectivity index is 1.63. The van der Waals surface area contributed by atoms with Gasteiger partial charge in [0.1, 0.15) is 5.75 Å². The molecule has 9 heteroatoms. The summed E-state index contributed by atoms with van der Waals surface area (Å²) in [5, 5.41) is 4.35. The van der Waals surface area contributed by atoms with Crippen LogP contribution < -0.4 is 15.4 Å². The average molecular weight is 449 g/mol. The highest BCUT2D eigenvalue weighted by molar-refractivity contribution is 8.01. The number of ether oxygens (including phenoxy) is 1. The van der Waals surface area contributed by atoms with Crippen molar-refractivity contribution in [3.05, 3.63) is 48.0 Å². The van der Waals surface area contributed by atoms with Gasteiger partial charge in [0.05, 0.1) is 28.2 Å². The zero-order valence-electron chi connectivity index (χ0n) is 17.0. The van der Waals surface area contributed by atoms with Gasteiger partial charge >= 0.3 is 0 Å². The van der Waals surface area contributed by atoms with Crippen LogP contribution in [0.1, 0.15) is 25.8 Å². The van der Waals surface area contributed by atoms with Gasteiger partial charge in [0.15, 0.2) is 9.84 Å². The van der Waals surface area contributed by atoms with Crippen molar-refractivity contribution in [3.8, 4) is 5.75 Å². The smallest absolute Gasteiger partial charge is 0.237 e. The van der Waals surface area contributed by atoms with E-state index < -0.39 is 15.1 Å². The molecule has 2 aromatic carbocycles. The van der Waals surface area contributed by atoms with Crippen molar-refractivity contribution >= 4 is 39.1 Å². The minimum atomic E-state index is -3.73. The van der Waals surface area contributed by atoms with Crippen molar-refractivity contribution in [2.75, 3.05) is 12.4 Å². The van der Waals surface area contributed by atoms with Gasteiger partial charge < -0.3 is 15.4 Å². The largest absolute Gasteiger partial charge is 0.497 e. The van der Waals surface area contributed by atoms with Crippen molar-refractivity contribution < 1.29 is 22.7 Å². The molecule has 30 heavy (non-hydrogen) atoms. The summed E-state index contributed by atoms with van der Waals surface area (Å²) < 4.78 is 31.0. The topological polar surface area (TPSA) is 102 Å². The van der Waals surface area contributed by atoms with Gasteiger partial charge in [-0.15, -0.1) is 11.8 Å². The monoisotopic (exact) mass is 448 g/mol. The van der Waals surface area contributed by atoms with Crippen molar-refractivity contribution in [2.24, 2.45) is 0 Å². The van der Waals surface area contributed by atoms with E-state index in [-0.39, 0.29) is 28.4 Å². The molecular weight excluding hydrogens is 424 g/mol. The SMILES string of the molecule is COc1ccc(CNC(=O)C[C@H](C)S(=O)(=O)c2ccc3c(c2)NC(=O)[C@H](C)S3)cc1. The van der Waals surface area contributed by atoms with Crippen LogP contribution >= 0.6 is 11.8 Å². The first-order valence-electron chi connectivity index (χ1n) is 9.46. The number of hydrogen-bond donors (Lipinski definition) is 2. The van der Waals surface area contributed by atoms with Crippen LogP contribution in [0.15, 0.2) is 52.3 Å². The van der Waals surface area contributed by atoms with E-state index in [0.29, 0.717) is 12.2 Å². The number of thioether (sulfide) groups is 1. The molecule has 2 amide bonds. The van der Waals surface area contributed by atoms with E-state index in [2.05, 4.69) is 10.6 Å². The van der Waals surface area contributed by atoms with E-state index in [9.17, 15) is 18.0 Å². The number of fused-ring (bicyclic) bond motifs is 1. The molecule has 2 atom stereocenters. The molecule has 0 aliphatic carbocycles. The summed E-state index contributed by atoms with van der Waals surface area (Å²) in [5.41, 5.74) is 1.37. The Morgan fingerprint density at radius 1 is 1.23 bits per heavy atom. The lowest BCUT2D eigenvalue weighted by molar-refractivity contribution is -0.121. The maximum atomic E-state index is 12.9. The zero-order valence-corrected chi connectivity index (χ0v) is 18.6. The van der Waals surface area contributed by atoms with Gasteiger partial charge in [0, 0.05) is 17.9 Å². The Bertz CT molecular complexity index is 1050. The molecule has 0 unspecified atom stereocenters. The number of methoxy groups -OCH3 is 1. The first kappa shape index (κ1) is 22.2. The molecular formula is C21H24N2O5S2. The molecule has 0 spiro atoms. The molecule has 3 rings (SSSR count). The van der Waals surface area contributed by atoms with Gasteiger partial charge in [0.25, 0.3) is 0 Å². The highest BCUT2D eigenvalue weighted by atomic mass is 32.2. The van der Waals surface area contributed by atoms with Crippen LogP contribution in [0.3, 0.4) is 0 Å². The second kappa shape index (κ2) is 9.09. The molecule has 160 valence electrons. The molecule has 0 radical (unpaired) electrons. The molecule has 0 saturated carbocycles. The van der Waals surface area contributed by atoms with Gasteiger partial charge in [0.2, 0.25) is 11.8 Å². The predicted octanol–water partition coefficient (Wildman–Crippen LogP) is 3.00. The Kier molecular flexibility index (Phi) is 6.72. The normalized spacial score (nSPS) is 16.9. The van der Waals surface area contributed by atoms with Gasteiger partial charge in [-0.1, -0.05) is 12.1 Å². The fraction of sp³-hybridized carbons (Fsp3) is 0.333. The number of rotatable bonds is 7.